The first kappa shape index (κ1) is 12.7. The molecule has 1 unspecified atom stereocenters. The molecule has 1 aromatic rings. The Morgan fingerprint density at radius 1 is 1.41 bits per heavy atom. The number of anilines is 1. The zero-order valence-corrected chi connectivity index (χ0v) is 11.6. The highest BCUT2D eigenvalue weighted by atomic mass is 35.5. The van der Waals surface area contributed by atoms with Crippen molar-refractivity contribution in [3.63, 3.8) is 0 Å². The first-order valence-corrected chi connectivity index (χ1v) is 6.65. The van der Waals surface area contributed by atoms with Crippen LogP contribution in [0.2, 0.25) is 5.02 Å². The molecule has 1 atom stereocenters. The average Bonchev–Trinajstić information content (AvgIpc) is 2.31. The number of aryl methyl sites for hydroxylation is 1. The molecule has 2 rings (SSSR count). The summed E-state index contributed by atoms with van der Waals surface area (Å²) in [5.74, 6) is 0. The summed E-state index contributed by atoms with van der Waals surface area (Å²) in [7, 11) is 4.25. The zero-order valence-electron chi connectivity index (χ0n) is 10.9. The van der Waals surface area contributed by atoms with Gasteiger partial charge in [-0.05, 0) is 64.0 Å². The van der Waals surface area contributed by atoms with Gasteiger partial charge in [0.1, 0.15) is 0 Å². The molecule has 3 heteroatoms. The minimum absolute atomic E-state index is 0.585. The van der Waals surface area contributed by atoms with Crippen LogP contribution in [0.15, 0.2) is 12.1 Å². The normalized spacial score (nSPS) is 19.0. The first-order valence-electron chi connectivity index (χ1n) is 6.27. The van der Waals surface area contributed by atoms with Gasteiger partial charge in [-0.15, -0.1) is 0 Å². The Hall–Kier alpha value is -0.730. The second kappa shape index (κ2) is 5.28. The number of nitrogens with zero attached hydrogens (tertiary/aromatic N) is 1. The topological polar surface area (TPSA) is 15.3 Å². The average molecular weight is 253 g/mol. The van der Waals surface area contributed by atoms with Crippen LogP contribution in [0.5, 0.6) is 0 Å². The van der Waals surface area contributed by atoms with Gasteiger partial charge in [0, 0.05) is 16.8 Å². The summed E-state index contributed by atoms with van der Waals surface area (Å²) in [6.45, 7) is 3.23. The fourth-order valence-electron chi connectivity index (χ4n) is 2.39. The van der Waals surface area contributed by atoms with Crippen molar-refractivity contribution in [1.29, 1.82) is 0 Å². The maximum Gasteiger partial charge on any atom is 0.0455 e. The highest BCUT2D eigenvalue weighted by molar-refractivity contribution is 6.31. The maximum atomic E-state index is 6.17. The van der Waals surface area contributed by atoms with E-state index in [0.29, 0.717) is 6.04 Å². The molecular weight excluding hydrogens is 232 g/mol. The second-order valence-corrected chi connectivity index (χ2v) is 5.59. The molecule has 0 saturated heterocycles. The monoisotopic (exact) mass is 252 g/mol. The predicted octanol–water partition coefficient (Wildman–Crippen LogP) is 3.33. The first-order chi connectivity index (χ1) is 8.08. The van der Waals surface area contributed by atoms with Gasteiger partial charge in [-0.25, -0.2) is 0 Å². The Morgan fingerprint density at radius 2 is 2.18 bits per heavy atom. The Balaban J connectivity index is 2.09. The van der Waals surface area contributed by atoms with Crippen molar-refractivity contribution in [2.45, 2.75) is 32.2 Å². The molecule has 0 saturated carbocycles. The quantitative estimate of drug-likeness (QED) is 0.888. The molecule has 1 aliphatic heterocycles. The SMILES string of the molecule is Cc1c(Cl)ccc2c1NC(CCN(C)C)CC2. The summed E-state index contributed by atoms with van der Waals surface area (Å²) in [5, 5.41) is 4.52. The highest BCUT2D eigenvalue weighted by Crippen LogP contribution is 2.33. The molecule has 1 heterocycles. The third-order valence-corrected chi connectivity index (χ3v) is 3.93. The molecule has 0 spiro atoms. The third kappa shape index (κ3) is 2.93. The van der Waals surface area contributed by atoms with Crippen LogP contribution in [0.25, 0.3) is 0 Å². The molecule has 1 aromatic carbocycles. The van der Waals surface area contributed by atoms with E-state index in [1.54, 1.807) is 0 Å². The lowest BCUT2D eigenvalue weighted by atomic mass is 9.94. The van der Waals surface area contributed by atoms with Crippen molar-refractivity contribution in [2.24, 2.45) is 0 Å². The van der Waals surface area contributed by atoms with Crippen LogP contribution in [0.1, 0.15) is 24.0 Å². The van der Waals surface area contributed by atoms with E-state index in [9.17, 15) is 0 Å². The molecule has 0 radical (unpaired) electrons. The summed E-state index contributed by atoms with van der Waals surface area (Å²) in [6, 6.07) is 4.75. The van der Waals surface area contributed by atoms with Gasteiger partial charge < -0.3 is 10.2 Å². The van der Waals surface area contributed by atoms with Gasteiger partial charge in [-0.1, -0.05) is 17.7 Å². The smallest absolute Gasteiger partial charge is 0.0455 e. The number of rotatable bonds is 3. The minimum atomic E-state index is 0.585. The predicted molar refractivity (Wildman–Crippen MR) is 75.1 cm³/mol. The summed E-state index contributed by atoms with van der Waals surface area (Å²) >= 11 is 6.17. The number of nitrogens with one attached hydrogen (secondary N) is 1. The molecule has 0 fully saturated rings. The Bertz CT molecular complexity index is 401. The zero-order chi connectivity index (χ0) is 12.4. The van der Waals surface area contributed by atoms with Crippen molar-refractivity contribution in [3.05, 3.63) is 28.3 Å². The van der Waals surface area contributed by atoms with Crippen LogP contribution in [-0.4, -0.2) is 31.6 Å². The second-order valence-electron chi connectivity index (χ2n) is 5.18. The molecule has 0 amide bonds. The molecule has 0 aromatic heterocycles. The third-order valence-electron chi connectivity index (χ3n) is 3.52. The Labute approximate surface area is 109 Å². The Kier molecular flexibility index (Phi) is 3.95. The van der Waals surface area contributed by atoms with Crippen LogP contribution in [-0.2, 0) is 6.42 Å². The maximum absolute atomic E-state index is 6.17. The van der Waals surface area contributed by atoms with Gasteiger partial charge in [0.15, 0.2) is 0 Å². The van der Waals surface area contributed by atoms with E-state index in [2.05, 4.69) is 37.3 Å². The van der Waals surface area contributed by atoms with Gasteiger partial charge >= 0.3 is 0 Å². The number of fused-ring (bicyclic) bond motifs is 1. The van der Waals surface area contributed by atoms with Crippen molar-refractivity contribution in [2.75, 3.05) is 26.0 Å². The van der Waals surface area contributed by atoms with Gasteiger partial charge in [0.25, 0.3) is 0 Å². The van der Waals surface area contributed by atoms with Crippen LogP contribution in [0.3, 0.4) is 0 Å². The lowest BCUT2D eigenvalue weighted by Gasteiger charge is -2.29. The number of halogens is 1. The van der Waals surface area contributed by atoms with E-state index in [1.807, 2.05) is 6.07 Å². The van der Waals surface area contributed by atoms with Crippen LogP contribution in [0.4, 0.5) is 5.69 Å². The van der Waals surface area contributed by atoms with E-state index in [1.165, 1.54) is 36.1 Å². The van der Waals surface area contributed by atoms with Crippen LogP contribution < -0.4 is 5.32 Å². The molecule has 0 aliphatic carbocycles. The molecule has 17 heavy (non-hydrogen) atoms. The lowest BCUT2D eigenvalue weighted by Crippen LogP contribution is -2.29. The molecule has 0 bridgehead atoms. The summed E-state index contributed by atoms with van der Waals surface area (Å²) < 4.78 is 0. The summed E-state index contributed by atoms with van der Waals surface area (Å²) in [5.41, 5.74) is 3.87. The molecule has 1 N–H and O–H groups in total. The standard InChI is InChI=1S/C14H21ClN2/c1-10-13(15)7-5-11-4-6-12(16-14(10)11)8-9-17(2)3/h5,7,12,16H,4,6,8-9H2,1-3H3. The van der Waals surface area contributed by atoms with Crippen molar-refractivity contribution >= 4 is 17.3 Å². The van der Waals surface area contributed by atoms with Crippen molar-refractivity contribution < 1.29 is 0 Å². The van der Waals surface area contributed by atoms with E-state index < -0.39 is 0 Å². The van der Waals surface area contributed by atoms with E-state index >= 15 is 0 Å². The van der Waals surface area contributed by atoms with E-state index in [0.717, 1.165) is 11.6 Å². The molecule has 1 aliphatic rings. The number of hydrogen-bond acceptors (Lipinski definition) is 2. The number of hydrogen-bond donors (Lipinski definition) is 1. The largest absolute Gasteiger partial charge is 0.382 e. The van der Waals surface area contributed by atoms with Gasteiger partial charge in [0.05, 0.1) is 0 Å². The molecular formula is C14H21ClN2. The fraction of sp³-hybridized carbons (Fsp3) is 0.571. The van der Waals surface area contributed by atoms with E-state index in [-0.39, 0.29) is 0 Å². The number of benzene rings is 1. The van der Waals surface area contributed by atoms with Crippen LogP contribution >= 0.6 is 11.6 Å². The van der Waals surface area contributed by atoms with Gasteiger partial charge in [-0.2, -0.15) is 0 Å². The minimum Gasteiger partial charge on any atom is -0.382 e. The summed E-state index contributed by atoms with van der Waals surface area (Å²) in [6.07, 6.45) is 3.58. The molecule has 94 valence electrons. The lowest BCUT2D eigenvalue weighted by molar-refractivity contribution is 0.379. The summed E-state index contributed by atoms with van der Waals surface area (Å²) in [4.78, 5) is 2.24. The molecule has 2 nitrogen and oxygen atoms in total. The van der Waals surface area contributed by atoms with Crippen LogP contribution in [0, 0.1) is 6.92 Å². The highest BCUT2D eigenvalue weighted by Gasteiger charge is 2.19. The fourth-order valence-corrected chi connectivity index (χ4v) is 2.55. The van der Waals surface area contributed by atoms with Crippen molar-refractivity contribution in [3.8, 4) is 0 Å². The Morgan fingerprint density at radius 3 is 2.88 bits per heavy atom. The van der Waals surface area contributed by atoms with Crippen molar-refractivity contribution in [1.82, 2.24) is 4.90 Å². The van der Waals surface area contributed by atoms with Gasteiger partial charge in [0.2, 0.25) is 0 Å². The van der Waals surface area contributed by atoms with Gasteiger partial charge in [-0.3, -0.25) is 0 Å². The van der Waals surface area contributed by atoms with E-state index in [4.69, 9.17) is 11.6 Å².